The van der Waals surface area contributed by atoms with E-state index in [9.17, 15) is 4.39 Å². The van der Waals surface area contributed by atoms with Crippen LogP contribution in [-0.4, -0.2) is 7.11 Å². The van der Waals surface area contributed by atoms with Gasteiger partial charge in [0.05, 0.1) is 7.11 Å². The highest BCUT2D eigenvalue weighted by atomic mass is 32.1. The predicted octanol–water partition coefficient (Wildman–Crippen LogP) is 3.03. The van der Waals surface area contributed by atoms with Crippen LogP contribution in [0.25, 0.3) is 0 Å². The molecule has 19 heavy (non-hydrogen) atoms. The first-order valence-corrected chi connectivity index (χ1v) is 6.94. The molecule has 0 aliphatic carbocycles. The number of hydrazine groups is 1. The molecule has 0 spiro atoms. The Balaban J connectivity index is 2.08. The Hall–Kier alpha value is -1.43. The number of nitrogens with one attached hydrogen (secondary N) is 1. The van der Waals surface area contributed by atoms with Crippen LogP contribution >= 0.6 is 11.3 Å². The molecule has 2 aromatic rings. The molecule has 1 unspecified atom stereocenters. The molecule has 0 saturated carbocycles. The molecular formula is C14H17FN2OS. The zero-order valence-electron chi connectivity index (χ0n) is 10.7. The molecule has 0 bridgehead atoms. The molecule has 3 nitrogen and oxygen atoms in total. The Bertz CT molecular complexity index is 516. The quantitative estimate of drug-likeness (QED) is 0.631. The maximum Gasteiger partial charge on any atom is 0.131 e. The van der Waals surface area contributed by atoms with Gasteiger partial charge in [0.1, 0.15) is 11.6 Å². The van der Waals surface area contributed by atoms with Gasteiger partial charge in [-0.25, -0.2) is 4.39 Å². The van der Waals surface area contributed by atoms with Gasteiger partial charge < -0.3 is 4.74 Å². The lowest BCUT2D eigenvalue weighted by Crippen LogP contribution is -2.29. The lowest BCUT2D eigenvalue weighted by Gasteiger charge is -2.17. The summed E-state index contributed by atoms with van der Waals surface area (Å²) >= 11 is 1.70. The van der Waals surface area contributed by atoms with Gasteiger partial charge in [-0.15, -0.1) is 11.3 Å². The van der Waals surface area contributed by atoms with Gasteiger partial charge in [-0.1, -0.05) is 12.1 Å². The first kappa shape index (κ1) is 14.0. The maximum absolute atomic E-state index is 14.0. The average Bonchev–Trinajstić information content (AvgIpc) is 2.94. The summed E-state index contributed by atoms with van der Waals surface area (Å²) in [7, 11) is 1.52. The van der Waals surface area contributed by atoms with Crippen molar-refractivity contribution in [2.45, 2.75) is 18.9 Å². The number of methoxy groups -OCH3 is 1. The molecule has 2 rings (SSSR count). The van der Waals surface area contributed by atoms with Crippen LogP contribution < -0.4 is 16.0 Å². The minimum absolute atomic E-state index is 0.201. The van der Waals surface area contributed by atoms with Gasteiger partial charge in [-0.2, -0.15) is 0 Å². The van der Waals surface area contributed by atoms with Crippen molar-refractivity contribution in [3.8, 4) is 5.75 Å². The van der Waals surface area contributed by atoms with E-state index in [0.29, 0.717) is 11.3 Å². The molecule has 5 heteroatoms. The lowest BCUT2D eigenvalue weighted by atomic mass is 10.0. The summed E-state index contributed by atoms with van der Waals surface area (Å²) in [6.45, 7) is 0. The topological polar surface area (TPSA) is 47.3 Å². The summed E-state index contributed by atoms with van der Waals surface area (Å²) in [5, 5.41) is 2.04. The summed E-state index contributed by atoms with van der Waals surface area (Å²) < 4.78 is 19.0. The van der Waals surface area contributed by atoms with Crippen LogP contribution in [0, 0.1) is 5.82 Å². The Morgan fingerprint density at radius 2 is 2.26 bits per heavy atom. The van der Waals surface area contributed by atoms with Crippen molar-refractivity contribution in [2.75, 3.05) is 7.11 Å². The van der Waals surface area contributed by atoms with E-state index in [1.807, 2.05) is 11.4 Å². The second kappa shape index (κ2) is 6.65. The van der Waals surface area contributed by atoms with Gasteiger partial charge in [-0.05, 0) is 30.4 Å². The molecule has 0 aliphatic heterocycles. The number of benzene rings is 1. The predicted molar refractivity (Wildman–Crippen MR) is 75.7 cm³/mol. The van der Waals surface area contributed by atoms with E-state index in [-0.39, 0.29) is 11.9 Å². The van der Waals surface area contributed by atoms with Crippen molar-refractivity contribution in [1.82, 2.24) is 5.43 Å². The summed E-state index contributed by atoms with van der Waals surface area (Å²) in [5.41, 5.74) is 3.25. The second-order valence-electron chi connectivity index (χ2n) is 4.22. The fraction of sp³-hybridized carbons (Fsp3) is 0.286. The van der Waals surface area contributed by atoms with Crippen molar-refractivity contribution >= 4 is 11.3 Å². The molecule has 0 amide bonds. The third-order valence-corrected chi connectivity index (χ3v) is 3.98. The number of rotatable bonds is 6. The van der Waals surface area contributed by atoms with Crippen LogP contribution in [0.1, 0.15) is 22.9 Å². The number of thiophene rings is 1. The Morgan fingerprint density at radius 1 is 1.42 bits per heavy atom. The SMILES string of the molecule is COc1ccc(C(CCc2cccs2)NN)c(F)c1. The normalized spacial score (nSPS) is 12.4. The van der Waals surface area contributed by atoms with Gasteiger partial charge in [0, 0.05) is 22.5 Å². The zero-order valence-corrected chi connectivity index (χ0v) is 11.5. The first-order chi connectivity index (χ1) is 9.24. The molecule has 1 atom stereocenters. The van der Waals surface area contributed by atoms with Crippen LogP contribution in [-0.2, 0) is 6.42 Å². The smallest absolute Gasteiger partial charge is 0.131 e. The molecular weight excluding hydrogens is 263 g/mol. The molecule has 0 radical (unpaired) electrons. The van der Waals surface area contributed by atoms with Gasteiger partial charge in [0.2, 0.25) is 0 Å². The number of hydrogen-bond donors (Lipinski definition) is 2. The zero-order chi connectivity index (χ0) is 13.7. The molecule has 1 heterocycles. The number of nitrogens with two attached hydrogens (primary N) is 1. The van der Waals surface area contributed by atoms with Crippen molar-refractivity contribution in [1.29, 1.82) is 0 Å². The Kier molecular flexibility index (Phi) is 4.90. The summed E-state index contributed by atoms with van der Waals surface area (Å²) in [6, 6.07) is 8.72. The molecule has 0 aliphatic rings. The molecule has 1 aromatic carbocycles. The van der Waals surface area contributed by atoms with Crippen molar-refractivity contribution in [2.24, 2.45) is 5.84 Å². The third-order valence-electron chi connectivity index (χ3n) is 3.04. The largest absolute Gasteiger partial charge is 0.497 e. The fourth-order valence-electron chi connectivity index (χ4n) is 1.99. The standard InChI is InChI=1S/C14H17FN2OS/c1-18-10-4-6-12(13(15)9-10)14(17-16)7-5-11-3-2-8-19-11/h2-4,6,8-9,14,17H,5,7,16H2,1H3. The highest BCUT2D eigenvalue weighted by Crippen LogP contribution is 2.25. The summed E-state index contributed by atoms with van der Waals surface area (Å²) in [5.74, 6) is 5.75. The van der Waals surface area contributed by atoms with E-state index in [2.05, 4.69) is 11.5 Å². The second-order valence-corrected chi connectivity index (χ2v) is 5.26. The maximum atomic E-state index is 14.0. The molecule has 1 aromatic heterocycles. The molecule has 0 saturated heterocycles. The van der Waals surface area contributed by atoms with Gasteiger partial charge >= 0.3 is 0 Å². The van der Waals surface area contributed by atoms with Gasteiger partial charge in [0.25, 0.3) is 0 Å². The summed E-state index contributed by atoms with van der Waals surface area (Å²) in [6.07, 6.45) is 1.62. The van der Waals surface area contributed by atoms with E-state index in [1.54, 1.807) is 23.5 Å². The minimum atomic E-state index is -0.298. The monoisotopic (exact) mass is 280 g/mol. The van der Waals surface area contributed by atoms with Gasteiger partial charge in [-0.3, -0.25) is 11.3 Å². The number of aryl methyl sites for hydroxylation is 1. The van der Waals surface area contributed by atoms with E-state index in [4.69, 9.17) is 10.6 Å². The third kappa shape index (κ3) is 3.53. The van der Waals surface area contributed by atoms with E-state index >= 15 is 0 Å². The van der Waals surface area contributed by atoms with Crippen molar-refractivity contribution in [3.63, 3.8) is 0 Å². The summed E-state index contributed by atoms with van der Waals surface area (Å²) in [4.78, 5) is 1.27. The van der Waals surface area contributed by atoms with Crippen LogP contribution in [0.15, 0.2) is 35.7 Å². The molecule has 3 N–H and O–H groups in total. The van der Waals surface area contributed by atoms with E-state index in [1.165, 1.54) is 18.1 Å². The Labute approximate surface area is 116 Å². The van der Waals surface area contributed by atoms with E-state index < -0.39 is 0 Å². The van der Waals surface area contributed by atoms with Crippen LogP contribution in [0.4, 0.5) is 4.39 Å². The first-order valence-electron chi connectivity index (χ1n) is 6.06. The number of halogens is 1. The highest BCUT2D eigenvalue weighted by Gasteiger charge is 2.15. The average molecular weight is 280 g/mol. The minimum Gasteiger partial charge on any atom is -0.497 e. The van der Waals surface area contributed by atoms with Crippen LogP contribution in [0.5, 0.6) is 5.75 Å². The fourth-order valence-corrected chi connectivity index (χ4v) is 2.71. The van der Waals surface area contributed by atoms with Crippen molar-refractivity contribution in [3.05, 3.63) is 52.0 Å². The van der Waals surface area contributed by atoms with Crippen LogP contribution in [0.2, 0.25) is 0 Å². The Morgan fingerprint density at radius 3 is 2.84 bits per heavy atom. The molecule has 102 valence electrons. The highest BCUT2D eigenvalue weighted by molar-refractivity contribution is 7.09. The van der Waals surface area contributed by atoms with Crippen LogP contribution in [0.3, 0.4) is 0 Å². The number of hydrogen-bond acceptors (Lipinski definition) is 4. The van der Waals surface area contributed by atoms with Gasteiger partial charge in [0.15, 0.2) is 0 Å². The van der Waals surface area contributed by atoms with E-state index in [0.717, 1.165) is 12.8 Å². The van der Waals surface area contributed by atoms with Crippen molar-refractivity contribution < 1.29 is 9.13 Å². The number of ether oxygens (including phenoxy) is 1. The molecule has 0 fully saturated rings. The lowest BCUT2D eigenvalue weighted by molar-refractivity contribution is 0.408.